The number of ether oxygens (including phenoxy) is 1. The number of methoxy groups -OCH3 is 1. The topological polar surface area (TPSA) is 39.1 Å². The van der Waals surface area contributed by atoms with Gasteiger partial charge in [0.25, 0.3) is 0 Å². The van der Waals surface area contributed by atoms with Gasteiger partial charge < -0.3 is 10.1 Å². The summed E-state index contributed by atoms with van der Waals surface area (Å²) >= 11 is 0. The molecule has 110 valence electrons. The second-order valence-electron chi connectivity index (χ2n) is 5.07. The van der Waals surface area contributed by atoms with Crippen molar-refractivity contribution in [1.29, 1.82) is 0 Å². The average molecular weight is 267 g/mol. The maximum atomic E-state index is 5.47. The van der Waals surface area contributed by atoms with E-state index in [0.717, 1.165) is 12.3 Å². The van der Waals surface area contributed by atoms with E-state index >= 15 is 0 Å². The number of hydrogen-bond donors (Lipinski definition) is 1. The summed E-state index contributed by atoms with van der Waals surface area (Å²) in [5, 5.41) is 7.96. The molecule has 0 fully saturated rings. The molecule has 0 aliphatic rings. The molecule has 0 aromatic carbocycles. The van der Waals surface area contributed by atoms with Gasteiger partial charge in [-0.25, -0.2) is 0 Å². The molecule has 0 spiro atoms. The molecule has 0 radical (unpaired) electrons. The third-order valence-corrected chi connectivity index (χ3v) is 3.81. The van der Waals surface area contributed by atoms with Crippen LogP contribution < -0.4 is 10.1 Å². The van der Waals surface area contributed by atoms with E-state index in [4.69, 9.17) is 4.74 Å². The van der Waals surface area contributed by atoms with Crippen molar-refractivity contribution in [2.45, 2.75) is 52.5 Å². The van der Waals surface area contributed by atoms with E-state index in [1.165, 1.54) is 31.4 Å². The van der Waals surface area contributed by atoms with Gasteiger partial charge in [0, 0.05) is 7.05 Å². The van der Waals surface area contributed by atoms with Gasteiger partial charge in [0.2, 0.25) is 0 Å². The third-order valence-electron chi connectivity index (χ3n) is 3.81. The van der Waals surface area contributed by atoms with Gasteiger partial charge in [-0.1, -0.05) is 40.0 Å². The van der Waals surface area contributed by atoms with Crippen LogP contribution in [0.2, 0.25) is 0 Å². The van der Waals surface area contributed by atoms with Gasteiger partial charge in [-0.2, -0.15) is 5.10 Å². The predicted octanol–water partition coefficient (Wildman–Crippen LogP) is 3.30. The summed E-state index contributed by atoms with van der Waals surface area (Å²) < 4.78 is 7.41. The highest BCUT2D eigenvalue weighted by molar-refractivity contribution is 5.28. The summed E-state index contributed by atoms with van der Waals surface area (Å²) in [6.45, 7) is 7.64. The van der Waals surface area contributed by atoms with Crippen LogP contribution in [-0.2, 0) is 7.05 Å². The molecule has 1 rings (SSSR count). The molecule has 0 saturated heterocycles. The van der Waals surface area contributed by atoms with Gasteiger partial charge in [0.1, 0.15) is 0 Å². The van der Waals surface area contributed by atoms with E-state index in [-0.39, 0.29) is 0 Å². The Labute approximate surface area is 117 Å². The molecule has 1 aromatic rings. The summed E-state index contributed by atoms with van der Waals surface area (Å²) in [6, 6.07) is 0.323. The fourth-order valence-electron chi connectivity index (χ4n) is 2.72. The Morgan fingerprint density at radius 2 is 2.11 bits per heavy atom. The van der Waals surface area contributed by atoms with Crippen LogP contribution in [0.25, 0.3) is 0 Å². The van der Waals surface area contributed by atoms with Crippen LogP contribution in [0.15, 0.2) is 6.20 Å². The lowest BCUT2D eigenvalue weighted by Crippen LogP contribution is -2.30. The van der Waals surface area contributed by atoms with E-state index in [2.05, 4.69) is 31.2 Å². The number of hydrogen-bond acceptors (Lipinski definition) is 3. The maximum Gasteiger partial charge on any atom is 0.161 e. The van der Waals surface area contributed by atoms with E-state index in [0.29, 0.717) is 12.0 Å². The first-order chi connectivity index (χ1) is 9.19. The molecule has 2 unspecified atom stereocenters. The number of nitrogens with one attached hydrogen (secondary N) is 1. The summed E-state index contributed by atoms with van der Waals surface area (Å²) in [4.78, 5) is 0. The minimum atomic E-state index is 0.323. The molecule has 4 heteroatoms. The molecular formula is C15H29N3O. The molecule has 1 heterocycles. The SMILES string of the molecule is CCCCC(CC)C(NCC)c1c(OC)cnn1C. The van der Waals surface area contributed by atoms with Crippen LogP contribution in [-0.4, -0.2) is 23.4 Å². The van der Waals surface area contributed by atoms with Gasteiger partial charge >= 0.3 is 0 Å². The fraction of sp³-hybridized carbons (Fsp3) is 0.800. The van der Waals surface area contributed by atoms with Gasteiger partial charge in [-0.3, -0.25) is 4.68 Å². The van der Waals surface area contributed by atoms with Gasteiger partial charge in [-0.05, 0) is 18.9 Å². The molecule has 0 aliphatic carbocycles. The molecule has 0 bridgehead atoms. The molecular weight excluding hydrogens is 238 g/mol. The zero-order valence-electron chi connectivity index (χ0n) is 13.1. The highest BCUT2D eigenvalue weighted by Crippen LogP contribution is 2.33. The van der Waals surface area contributed by atoms with E-state index < -0.39 is 0 Å². The monoisotopic (exact) mass is 267 g/mol. The zero-order valence-corrected chi connectivity index (χ0v) is 13.1. The lowest BCUT2D eigenvalue weighted by Gasteiger charge is -2.28. The maximum absolute atomic E-state index is 5.47. The number of rotatable bonds is 9. The van der Waals surface area contributed by atoms with Crippen LogP contribution in [0.5, 0.6) is 5.75 Å². The average Bonchev–Trinajstić information content (AvgIpc) is 2.79. The van der Waals surface area contributed by atoms with E-state index in [1.54, 1.807) is 7.11 Å². The second kappa shape index (κ2) is 8.20. The Bertz CT molecular complexity index is 362. The summed E-state index contributed by atoms with van der Waals surface area (Å²) in [7, 11) is 3.71. The van der Waals surface area contributed by atoms with Crippen molar-refractivity contribution in [3.8, 4) is 5.75 Å². The van der Waals surface area contributed by atoms with Crippen molar-refractivity contribution in [3.63, 3.8) is 0 Å². The van der Waals surface area contributed by atoms with Crippen LogP contribution in [0.4, 0.5) is 0 Å². The van der Waals surface area contributed by atoms with Crippen LogP contribution >= 0.6 is 0 Å². The first-order valence-corrected chi connectivity index (χ1v) is 7.48. The minimum Gasteiger partial charge on any atom is -0.493 e. The Hall–Kier alpha value is -1.03. The number of aromatic nitrogens is 2. The number of aryl methyl sites for hydroxylation is 1. The minimum absolute atomic E-state index is 0.323. The fourth-order valence-corrected chi connectivity index (χ4v) is 2.72. The molecule has 4 nitrogen and oxygen atoms in total. The van der Waals surface area contributed by atoms with Gasteiger partial charge in [-0.15, -0.1) is 0 Å². The van der Waals surface area contributed by atoms with Gasteiger partial charge in [0.05, 0.1) is 25.0 Å². The first kappa shape index (κ1) is 16.0. The van der Waals surface area contributed by atoms with Crippen molar-refractivity contribution in [3.05, 3.63) is 11.9 Å². The Morgan fingerprint density at radius 1 is 1.37 bits per heavy atom. The van der Waals surface area contributed by atoms with Crippen molar-refractivity contribution in [2.75, 3.05) is 13.7 Å². The van der Waals surface area contributed by atoms with Crippen LogP contribution in [0, 0.1) is 5.92 Å². The molecule has 1 aromatic heterocycles. The zero-order chi connectivity index (χ0) is 14.3. The number of unbranched alkanes of at least 4 members (excludes halogenated alkanes) is 1. The first-order valence-electron chi connectivity index (χ1n) is 7.48. The molecule has 19 heavy (non-hydrogen) atoms. The Morgan fingerprint density at radius 3 is 2.63 bits per heavy atom. The molecule has 1 N–H and O–H groups in total. The molecule has 0 saturated carbocycles. The van der Waals surface area contributed by atoms with Crippen LogP contribution in [0.1, 0.15) is 58.2 Å². The Balaban J connectivity index is 2.99. The smallest absolute Gasteiger partial charge is 0.161 e. The summed E-state index contributed by atoms with van der Waals surface area (Å²) in [5.41, 5.74) is 1.17. The van der Waals surface area contributed by atoms with Gasteiger partial charge in [0.15, 0.2) is 5.75 Å². The highest BCUT2D eigenvalue weighted by atomic mass is 16.5. The van der Waals surface area contributed by atoms with E-state index in [9.17, 15) is 0 Å². The van der Waals surface area contributed by atoms with Crippen molar-refractivity contribution < 1.29 is 4.74 Å². The molecule has 2 atom stereocenters. The lowest BCUT2D eigenvalue weighted by atomic mass is 9.89. The molecule has 0 aliphatic heterocycles. The summed E-state index contributed by atoms with van der Waals surface area (Å²) in [5.74, 6) is 1.52. The third kappa shape index (κ3) is 3.96. The summed E-state index contributed by atoms with van der Waals surface area (Å²) in [6.07, 6.45) is 6.76. The number of nitrogens with zero attached hydrogens (tertiary/aromatic N) is 2. The van der Waals surface area contributed by atoms with Crippen molar-refractivity contribution >= 4 is 0 Å². The predicted molar refractivity (Wildman–Crippen MR) is 79.5 cm³/mol. The normalized spacial score (nSPS) is 14.4. The van der Waals surface area contributed by atoms with Crippen LogP contribution in [0.3, 0.4) is 0 Å². The van der Waals surface area contributed by atoms with Crippen molar-refractivity contribution in [2.24, 2.45) is 13.0 Å². The highest BCUT2D eigenvalue weighted by Gasteiger charge is 2.26. The Kier molecular flexibility index (Phi) is 6.92. The lowest BCUT2D eigenvalue weighted by molar-refractivity contribution is 0.303. The van der Waals surface area contributed by atoms with Crippen molar-refractivity contribution in [1.82, 2.24) is 15.1 Å². The quantitative estimate of drug-likeness (QED) is 0.746. The van der Waals surface area contributed by atoms with E-state index in [1.807, 2.05) is 17.9 Å². The molecule has 0 amide bonds. The second-order valence-corrected chi connectivity index (χ2v) is 5.07. The largest absolute Gasteiger partial charge is 0.493 e. The standard InChI is InChI=1S/C15H29N3O/c1-6-9-10-12(7-2)14(16-8-3)15-13(19-5)11-17-18(15)4/h11-12,14,16H,6-10H2,1-5H3.